The van der Waals surface area contributed by atoms with Gasteiger partial charge in [0.2, 0.25) is 0 Å². The molecule has 0 aliphatic carbocycles. The first kappa shape index (κ1) is 14.6. The van der Waals surface area contributed by atoms with Gasteiger partial charge in [-0.15, -0.1) is 0 Å². The Morgan fingerprint density at radius 3 is 2.60 bits per heavy atom. The third kappa shape index (κ3) is 3.01. The van der Waals surface area contributed by atoms with E-state index < -0.39 is 17.6 Å². The second-order valence-electron chi connectivity index (χ2n) is 3.99. The summed E-state index contributed by atoms with van der Waals surface area (Å²) in [5.74, 6) is -0.537. The summed E-state index contributed by atoms with van der Waals surface area (Å²) >= 11 is 3.10. The molecular weight excluding hydrogens is 339 g/mol. The fraction of sp³-hybridized carbons (Fsp3) is 0.167. The van der Waals surface area contributed by atoms with Gasteiger partial charge in [0.25, 0.3) is 5.91 Å². The zero-order chi connectivity index (χ0) is 14.9. The van der Waals surface area contributed by atoms with E-state index in [1.54, 1.807) is 7.05 Å². The summed E-state index contributed by atoms with van der Waals surface area (Å²) in [5.41, 5.74) is -0.540. The molecule has 1 N–H and O–H groups in total. The Morgan fingerprint density at radius 2 is 2.05 bits per heavy atom. The third-order valence-electron chi connectivity index (χ3n) is 2.60. The van der Waals surface area contributed by atoms with Gasteiger partial charge in [-0.2, -0.15) is 18.3 Å². The Bertz CT molecular complexity index is 652. The van der Waals surface area contributed by atoms with Crippen molar-refractivity contribution in [2.24, 2.45) is 7.05 Å². The van der Waals surface area contributed by atoms with Crippen molar-refractivity contribution in [3.05, 3.63) is 46.2 Å². The summed E-state index contributed by atoms with van der Waals surface area (Å²) < 4.78 is 39.6. The van der Waals surface area contributed by atoms with Gasteiger partial charge in [0.15, 0.2) is 0 Å². The van der Waals surface area contributed by atoms with E-state index in [1.807, 2.05) is 0 Å². The number of carbonyl (C=O) groups excluding carboxylic acids is 1. The van der Waals surface area contributed by atoms with Gasteiger partial charge < -0.3 is 5.32 Å². The Balaban J connectivity index is 2.30. The molecule has 1 aromatic heterocycles. The molecule has 2 rings (SSSR count). The summed E-state index contributed by atoms with van der Waals surface area (Å²) in [6.45, 7) is 0. The van der Waals surface area contributed by atoms with E-state index in [9.17, 15) is 18.0 Å². The van der Waals surface area contributed by atoms with Crippen molar-refractivity contribution in [2.75, 3.05) is 5.32 Å². The van der Waals surface area contributed by atoms with Crippen LogP contribution in [0.5, 0.6) is 0 Å². The molecule has 0 aliphatic rings. The summed E-state index contributed by atoms with van der Waals surface area (Å²) in [5, 5.41) is 6.24. The van der Waals surface area contributed by atoms with E-state index in [2.05, 4.69) is 26.3 Å². The Morgan fingerprint density at radius 1 is 1.35 bits per heavy atom. The average Bonchev–Trinajstić information content (AvgIpc) is 2.77. The van der Waals surface area contributed by atoms with Crippen molar-refractivity contribution in [1.82, 2.24) is 9.78 Å². The zero-order valence-corrected chi connectivity index (χ0v) is 11.8. The topological polar surface area (TPSA) is 46.9 Å². The van der Waals surface area contributed by atoms with Crippen molar-refractivity contribution in [3.8, 4) is 0 Å². The SMILES string of the molecule is Cn1nccc1C(=O)Nc1cc(C(F)(F)F)ccc1Br. The van der Waals surface area contributed by atoms with Gasteiger partial charge in [-0.05, 0) is 40.2 Å². The Kier molecular flexibility index (Phi) is 3.85. The van der Waals surface area contributed by atoms with Crippen LogP contribution in [0.3, 0.4) is 0 Å². The predicted octanol–water partition coefficient (Wildman–Crippen LogP) is 3.45. The lowest BCUT2D eigenvalue weighted by atomic mass is 10.2. The van der Waals surface area contributed by atoms with Crippen molar-refractivity contribution < 1.29 is 18.0 Å². The van der Waals surface area contributed by atoms with Gasteiger partial charge in [-0.25, -0.2) is 0 Å². The van der Waals surface area contributed by atoms with E-state index >= 15 is 0 Å². The molecule has 0 bridgehead atoms. The first-order valence-corrected chi connectivity index (χ1v) is 6.24. The quantitative estimate of drug-likeness (QED) is 0.904. The number of rotatable bonds is 2. The zero-order valence-electron chi connectivity index (χ0n) is 10.2. The van der Waals surface area contributed by atoms with Crippen LogP contribution >= 0.6 is 15.9 Å². The summed E-state index contributed by atoms with van der Waals surface area (Å²) in [4.78, 5) is 11.9. The minimum atomic E-state index is -4.47. The third-order valence-corrected chi connectivity index (χ3v) is 3.29. The molecular formula is C12H9BrF3N3O. The molecule has 8 heteroatoms. The minimum Gasteiger partial charge on any atom is -0.320 e. The molecule has 1 aromatic carbocycles. The van der Waals surface area contributed by atoms with Gasteiger partial charge in [-0.3, -0.25) is 9.48 Å². The first-order chi connectivity index (χ1) is 9.29. The Hall–Kier alpha value is -1.83. The fourth-order valence-electron chi connectivity index (χ4n) is 1.58. The second kappa shape index (κ2) is 5.28. The lowest BCUT2D eigenvalue weighted by molar-refractivity contribution is -0.137. The molecule has 2 aromatic rings. The van der Waals surface area contributed by atoms with Crippen LogP contribution < -0.4 is 5.32 Å². The van der Waals surface area contributed by atoms with Crippen LogP contribution in [0, 0.1) is 0 Å². The number of nitrogens with zero attached hydrogens (tertiary/aromatic N) is 2. The second-order valence-corrected chi connectivity index (χ2v) is 4.84. The molecule has 4 nitrogen and oxygen atoms in total. The normalized spacial score (nSPS) is 11.4. The number of nitrogens with one attached hydrogen (secondary N) is 1. The smallest absolute Gasteiger partial charge is 0.320 e. The highest BCUT2D eigenvalue weighted by Crippen LogP contribution is 2.34. The van der Waals surface area contributed by atoms with Crippen LogP contribution in [0.2, 0.25) is 0 Å². The van der Waals surface area contributed by atoms with E-state index in [4.69, 9.17) is 0 Å². The van der Waals surface area contributed by atoms with Crippen LogP contribution in [0.25, 0.3) is 0 Å². The predicted molar refractivity (Wildman–Crippen MR) is 70.3 cm³/mol. The van der Waals surface area contributed by atoms with E-state index in [-0.39, 0.29) is 11.4 Å². The molecule has 1 amide bonds. The lowest BCUT2D eigenvalue weighted by Crippen LogP contribution is -2.17. The van der Waals surface area contributed by atoms with Gasteiger partial charge in [0.1, 0.15) is 5.69 Å². The molecule has 0 unspecified atom stereocenters. The number of halogens is 4. The van der Waals surface area contributed by atoms with Crippen molar-refractivity contribution >= 4 is 27.5 Å². The monoisotopic (exact) mass is 347 g/mol. The van der Waals surface area contributed by atoms with Crippen LogP contribution in [0.4, 0.5) is 18.9 Å². The maximum atomic E-state index is 12.6. The lowest BCUT2D eigenvalue weighted by Gasteiger charge is -2.11. The van der Waals surface area contributed by atoms with Crippen LogP contribution in [0.15, 0.2) is 34.9 Å². The van der Waals surface area contributed by atoms with Gasteiger partial charge in [-0.1, -0.05) is 0 Å². The number of benzene rings is 1. The molecule has 0 atom stereocenters. The molecule has 0 radical (unpaired) electrons. The van der Waals surface area contributed by atoms with E-state index in [0.29, 0.717) is 4.47 Å². The molecule has 0 saturated carbocycles. The van der Waals surface area contributed by atoms with Gasteiger partial charge in [0.05, 0.1) is 11.3 Å². The number of alkyl halides is 3. The van der Waals surface area contributed by atoms with E-state index in [1.165, 1.54) is 23.0 Å². The molecule has 0 spiro atoms. The fourth-order valence-corrected chi connectivity index (χ4v) is 1.93. The minimum absolute atomic E-state index is 0.0472. The first-order valence-electron chi connectivity index (χ1n) is 5.45. The van der Waals surface area contributed by atoms with Crippen LogP contribution in [0.1, 0.15) is 16.1 Å². The number of hydrogen-bond acceptors (Lipinski definition) is 2. The van der Waals surface area contributed by atoms with Crippen molar-refractivity contribution in [2.45, 2.75) is 6.18 Å². The number of hydrogen-bond donors (Lipinski definition) is 1. The van der Waals surface area contributed by atoms with Gasteiger partial charge in [0, 0.05) is 17.7 Å². The molecule has 106 valence electrons. The van der Waals surface area contributed by atoms with Crippen molar-refractivity contribution in [1.29, 1.82) is 0 Å². The highest BCUT2D eigenvalue weighted by Gasteiger charge is 2.31. The Labute approximate surface area is 120 Å². The number of aryl methyl sites for hydroxylation is 1. The number of carbonyl (C=O) groups is 1. The molecule has 0 aliphatic heterocycles. The molecule has 20 heavy (non-hydrogen) atoms. The maximum Gasteiger partial charge on any atom is 0.416 e. The highest BCUT2D eigenvalue weighted by atomic mass is 79.9. The maximum absolute atomic E-state index is 12.6. The number of aromatic nitrogens is 2. The van der Waals surface area contributed by atoms with Crippen molar-refractivity contribution in [3.63, 3.8) is 0 Å². The largest absolute Gasteiger partial charge is 0.416 e. The number of anilines is 1. The van der Waals surface area contributed by atoms with Crippen LogP contribution in [-0.4, -0.2) is 15.7 Å². The molecule has 1 heterocycles. The van der Waals surface area contributed by atoms with Crippen LogP contribution in [-0.2, 0) is 13.2 Å². The molecule has 0 saturated heterocycles. The van der Waals surface area contributed by atoms with E-state index in [0.717, 1.165) is 12.1 Å². The number of amides is 1. The summed E-state index contributed by atoms with van der Waals surface area (Å²) in [6.07, 6.45) is -3.04. The molecule has 0 fully saturated rings. The standard InChI is InChI=1S/C12H9BrF3N3O/c1-19-10(4-5-17-19)11(20)18-9-6-7(12(14,15)16)2-3-8(9)13/h2-6H,1H3,(H,18,20). The summed E-state index contributed by atoms with van der Waals surface area (Å²) in [6, 6.07) is 4.51. The average molecular weight is 348 g/mol. The summed E-state index contributed by atoms with van der Waals surface area (Å²) in [7, 11) is 1.57. The highest BCUT2D eigenvalue weighted by molar-refractivity contribution is 9.10. The van der Waals surface area contributed by atoms with Gasteiger partial charge >= 0.3 is 6.18 Å².